The summed E-state index contributed by atoms with van der Waals surface area (Å²) in [6.07, 6.45) is 3.50. The number of rotatable bonds is 4. The minimum absolute atomic E-state index is 0.0274. The molecular formula is C13H20N2O2. The van der Waals surface area contributed by atoms with Crippen LogP contribution < -0.4 is 4.74 Å². The number of aromatic nitrogens is 1. The molecule has 0 atom stereocenters. The van der Waals surface area contributed by atoms with E-state index in [1.54, 1.807) is 12.4 Å². The van der Waals surface area contributed by atoms with E-state index in [0.29, 0.717) is 6.61 Å². The molecule has 2 rings (SSSR count). The standard InChI is InChI=1S/C13H20N2O2/c1-13(2,15-6-8-16-9-7-15)11-17-12-4-3-5-14-10-12/h3-5,10H,6-9,11H2,1-2H3. The van der Waals surface area contributed by atoms with Crippen LogP contribution in [0.4, 0.5) is 0 Å². The molecule has 0 saturated carbocycles. The average molecular weight is 236 g/mol. The summed E-state index contributed by atoms with van der Waals surface area (Å²) in [4.78, 5) is 6.45. The van der Waals surface area contributed by atoms with E-state index in [-0.39, 0.29) is 5.54 Å². The van der Waals surface area contributed by atoms with Gasteiger partial charge in [-0.15, -0.1) is 0 Å². The second-order valence-electron chi connectivity index (χ2n) is 4.89. The number of ether oxygens (including phenoxy) is 2. The van der Waals surface area contributed by atoms with E-state index < -0.39 is 0 Å². The predicted molar refractivity (Wildman–Crippen MR) is 66.2 cm³/mol. The van der Waals surface area contributed by atoms with E-state index in [0.717, 1.165) is 32.1 Å². The molecule has 17 heavy (non-hydrogen) atoms. The van der Waals surface area contributed by atoms with Crippen molar-refractivity contribution in [3.63, 3.8) is 0 Å². The Labute approximate surface area is 103 Å². The molecule has 4 heteroatoms. The van der Waals surface area contributed by atoms with Crippen molar-refractivity contribution in [2.75, 3.05) is 32.9 Å². The normalized spacial score (nSPS) is 18.0. The highest BCUT2D eigenvalue weighted by Crippen LogP contribution is 2.18. The lowest BCUT2D eigenvalue weighted by Gasteiger charge is -2.40. The number of pyridine rings is 1. The Morgan fingerprint density at radius 3 is 2.82 bits per heavy atom. The maximum Gasteiger partial charge on any atom is 0.137 e. The third kappa shape index (κ3) is 3.41. The SMILES string of the molecule is CC(C)(COc1cccnc1)N1CCOCC1. The quantitative estimate of drug-likeness (QED) is 0.795. The summed E-state index contributed by atoms with van der Waals surface area (Å²) in [5.41, 5.74) is 0.0274. The second-order valence-corrected chi connectivity index (χ2v) is 4.89. The molecule has 1 aliphatic rings. The molecular weight excluding hydrogens is 216 g/mol. The van der Waals surface area contributed by atoms with E-state index >= 15 is 0 Å². The first-order valence-corrected chi connectivity index (χ1v) is 6.04. The zero-order valence-electron chi connectivity index (χ0n) is 10.6. The molecule has 1 aliphatic heterocycles. The smallest absolute Gasteiger partial charge is 0.137 e. The number of morpholine rings is 1. The van der Waals surface area contributed by atoms with Gasteiger partial charge in [0.15, 0.2) is 0 Å². The van der Waals surface area contributed by atoms with Crippen LogP contribution in [-0.2, 0) is 4.74 Å². The summed E-state index contributed by atoms with van der Waals surface area (Å²) in [5, 5.41) is 0. The fourth-order valence-electron chi connectivity index (χ4n) is 1.95. The Bertz CT molecular complexity index is 335. The molecule has 0 amide bonds. The highest BCUT2D eigenvalue weighted by molar-refractivity contribution is 5.15. The van der Waals surface area contributed by atoms with Crippen molar-refractivity contribution < 1.29 is 9.47 Å². The molecule has 2 heterocycles. The van der Waals surface area contributed by atoms with Crippen molar-refractivity contribution in [2.24, 2.45) is 0 Å². The van der Waals surface area contributed by atoms with E-state index in [4.69, 9.17) is 9.47 Å². The first kappa shape index (κ1) is 12.3. The van der Waals surface area contributed by atoms with Crippen LogP contribution in [0.3, 0.4) is 0 Å². The van der Waals surface area contributed by atoms with Crippen LogP contribution in [0.15, 0.2) is 24.5 Å². The van der Waals surface area contributed by atoms with Crippen molar-refractivity contribution in [3.8, 4) is 5.75 Å². The molecule has 0 aliphatic carbocycles. The minimum atomic E-state index is 0.0274. The third-order valence-electron chi connectivity index (χ3n) is 3.09. The van der Waals surface area contributed by atoms with Crippen LogP contribution >= 0.6 is 0 Å². The van der Waals surface area contributed by atoms with Gasteiger partial charge in [0.25, 0.3) is 0 Å². The van der Waals surface area contributed by atoms with E-state index in [9.17, 15) is 0 Å². The first-order chi connectivity index (χ1) is 8.18. The van der Waals surface area contributed by atoms with Crippen LogP contribution in [0.1, 0.15) is 13.8 Å². The zero-order chi connectivity index (χ0) is 12.1. The molecule has 4 nitrogen and oxygen atoms in total. The summed E-state index contributed by atoms with van der Waals surface area (Å²) in [5.74, 6) is 0.828. The predicted octanol–water partition coefficient (Wildman–Crippen LogP) is 1.57. The van der Waals surface area contributed by atoms with Crippen LogP contribution in [-0.4, -0.2) is 48.3 Å². The van der Waals surface area contributed by atoms with Crippen molar-refractivity contribution in [2.45, 2.75) is 19.4 Å². The summed E-state index contributed by atoms with van der Waals surface area (Å²) >= 11 is 0. The maximum atomic E-state index is 5.78. The van der Waals surface area contributed by atoms with Gasteiger partial charge in [0.05, 0.1) is 19.4 Å². The average Bonchev–Trinajstić information content (AvgIpc) is 2.39. The summed E-state index contributed by atoms with van der Waals surface area (Å²) in [6, 6.07) is 3.82. The molecule has 0 radical (unpaired) electrons. The fraction of sp³-hybridized carbons (Fsp3) is 0.615. The largest absolute Gasteiger partial charge is 0.490 e. The van der Waals surface area contributed by atoms with Crippen molar-refractivity contribution in [3.05, 3.63) is 24.5 Å². The zero-order valence-corrected chi connectivity index (χ0v) is 10.6. The summed E-state index contributed by atoms with van der Waals surface area (Å²) < 4.78 is 11.1. The van der Waals surface area contributed by atoms with E-state index in [1.807, 2.05) is 12.1 Å². The molecule has 1 fully saturated rings. The Balaban J connectivity index is 1.88. The van der Waals surface area contributed by atoms with Gasteiger partial charge in [-0.05, 0) is 26.0 Å². The fourth-order valence-corrected chi connectivity index (χ4v) is 1.95. The molecule has 1 saturated heterocycles. The van der Waals surface area contributed by atoms with Gasteiger partial charge >= 0.3 is 0 Å². The van der Waals surface area contributed by atoms with Gasteiger partial charge in [-0.2, -0.15) is 0 Å². The Morgan fingerprint density at radius 2 is 2.18 bits per heavy atom. The maximum absolute atomic E-state index is 5.78. The topological polar surface area (TPSA) is 34.6 Å². The van der Waals surface area contributed by atoms with Gasteiger partial charge in [-0.1, -0.05) is 0 Å². The molecule has 1 aromatic heterocycles. The van der Waals surface area contributed by atoms with Crippen LogP contribution in [0.5, 0.6) is 5.75 Å². The van der Waals surface area contributed by atoms with Crippen molar-refractivity contribution in [1.82, 2.24) is 9.88 Å². The molecule has 0 N–H and O–H groups in total. The molecule has 0 unspecified atom stereocenters. The minimum Gasteiger partial charge on any atom is -0.490 e. The second kappa shape index (κ2) is 5.47. The lowest BCUT2D eigenvalue weighted by atomic mass is 10.0. The lowest BCUT2D eigenvalue weighted by Crippen LogP contribution is -2.53. The molecule has 1 aromatic rings. The highest BCUT2D eigenvalue weighted by atomic mass is 16.5. The van der Waals surface area contributed by atoms with Gasteiger partial charge < -0.3 is 9.47 Å². The monoisotopic (exact) mass is 236 g/mol. The first-order valence-electron chi connectivity index (χ1n) is 6.04. The van der Waals surface area contributed by atoms with Gasteiger partial charge in [-0.3, -0.25) is 9.88 Å². The highest BCUT2D eigenvalue weighted by Gasteiger charge is 2.28. The number of nitrogens with zero attached hydrogens (tertiary/aromatic N) is 2. The van der Waals surface area contributed by atoms with Crippen LogP contribution in [0.25, 0.3) is 0 Å². The molecule has 0 spiro atoms. The summed E-state index contributed by atoms with van der Waals surface area (Å²) in [6.45, 7) is 8.65. The number of hydrogen-bond acceptors (Lipinski definition) is 4. The Morgan fingerprint density at radius 1 is 1.41 bits per heavy atom. The van der Waals surface area contributed by atoms with Crippen LogP contribution in [0.2, 0.25) is 0 Å². The van der Waals surface area contributed by atoms with Gasteiger partial charge in [0.2, 0.25) is 0 Å². The van der Waals surface area contributed by atoms with Gasteiger partial charge in [0.1, 0.15) is 12.4 Å². The van der Waals surface area contributed by atoms with Gasteiger partial charge in [-0.25, -0.2) is 0 Å². The van der Waals surface area contributed by atoms with E-state index in [1.165, 1.54) is 0 Å². The Kier molecular flexibility index (Phi) is 3.97. The molecule has 0 aromatic carbocycles. The van der Waals surface area contributed by atoms with Gasteiger partial charge in [0, 0.05) is 24.8 Å². The molecule has 0 bridgehead atoms. The Hall–Kier alpha value is -1.13. The number of hydrogen-bond donors (Lipinski definition) is 0. The van der Waals surface area contributed by atoms with Crippen LogP contribution in [0, 0.1) is 0 Å². The van der Waals surface area contributed by atoms with Crippen molar-refractivity contribution in [1.29, 1.82) is 0 Å². The van der Waals surface area contributed by atoms with E-state index in [2.05, 4.69) is 23.7 Å². The third-order valence-corrected chi connectivity index (χ3v) is 3.09. The summed E-state index contributed by atoms with van der Waals surface area (Å²) in [7, 11) is 0. The lowest BCUT2D eigenvalue weighted by molar-refractivity contribution is -0.0251. The molecule has 94 valence electrons. The van der Waals surface area contributed by atoms with Crippen molar-refractivity contribution >= 4 is 0 Å².